The fourth-order valence-electron chi connectivity index (χ4n) is 1.65. The Morgan fingerprint density at radius 2 is 1.89 bits per heavy atom. The molecule has 0 saturated heterocycles. The van der Waals surface area contributed by atoms with Crippen LogP contribution in [0, 0.1) is 17.1 Å². The van der Waals surface area contributed by atoms with Gasteiger partial charge < -0.3 is 15.8 Å². The Morgan fingerprint density at radius 3 is 2.53 bits per heavy atom. The van der Waals surface area contributed by atoms with E-state index in [-0.39, 0.29) is 5.75 Å². The lowest BCUT2D eigenvalue weighted by Gasteiger charge is -2.09. The molecule has 0 spiro atoms. The molecular weight excluding hydrogens is 245 g/mol. The van der Waals surface area contributed by atoms with Crippen LogP contribution in [0.15, 0.2) is 36.4 Å². The lowest BCUT2D eigenvalue weighted by Crippen LogP contribution is -1.96. The summed E-state index contributed by atoms with van der Waals surface area (Å²) >= 11 is 0. The summed E-state index contributed by atoms with van der Waals surface area (Å²) in [6.45, 7) is 0. The van der Waals surface area contributed by atoms with Gasteiger partial charge in [0.1, 0.15) is 6.07 Å². The van der Waals surface area contributed by atoms with E-state index >= 15 is 0 Å². The zero-order chi connectivity index (χ0) is 13.8. The number of benzene rings is 2. The highest BCUT2D eigenvalue weighted by Crippen LogP contribution is 2.25. The second-order valence-corrected chi connectivity index (χ2v) is 3.89. The molecule has 0 fully saturated rings. The van der Waals surface area contributed by atoms with Crippen molar-refractivity contribution in [1.82, 2.24) is 0 Å². The summed E-state index contributed by atoms with van der Waals surface area (Å²) < 4.78 is 18.2. The molecule has 0 heterocycles. The molecule has 0 amide bonds. The monoisotopic (exact) mass is 257 g/mol. The third-order valence-electron chi connectivity index (χ3n) is 2.61. The SMILES string of the molecule is COc1cc(Nc2ccc(C#N)c(N)c2)ccc1F. The van der Waals surface area contributed by atoms with Gasteiger partial charge in [0.25, 0.3) is 0 Å². The van der Waals surface area contributed by atoms with Gasteiger partial charge >= 0.3 is 0 Å². The number of rotatable bonds is 3. The van der Waals surface area contributed by atoms with Gasteiger partial charge in [-0.1, -0.05) is 0 Å². The molecule has 2 aromatic rings. The average molecular weight is 257 g/mol. The molecular formula is C14H12FN3O. The van der Waals surface area contributed by atoms with Crippen molar-refractivity contribution in [3.05, 3.63) is 47.8 Å². The molecule has 4 nitrogen and oxygen atoms in total. The van der Waals surface area contributed by atoms with E-state index < -0.39 is 5.82 Å². The van der Waals surface area contributed by atoms with Crippen molar-refractivity contribution in [3.8, 4) is 11.8 Å². The van der Waals surface area contributed by atoms with Crippen molar-refractivity contribution in [2.45, 2.75) is 0 Å². The number of nitriles is 1. The van der Waals surface area contributed by atoms with E-state index in [9.17, 15) is 4.39 Å². The van der Waals surface area contributed by atoms with Crippen LogP contribution in [0.1, 0.15) is 5.56 Å². The summed E-state index contributed by atoms with van der Waals surface area (Å²) in [7, 11) is 1.40. The first kappa shape index (κ1) is 12.7. The van der Waals surface area contributed by atoms with Crippen molar-refractivity contribution < 1.29 is 9.13 Å². The summed E-state index contributed by atoms with van der Waals surface area (Å²) in [5.74, 6) is -0.265. The van der Waals surface area contributed by atoms with Gasteiger partial charge in [0.05, 0.1) is 18.4 Å². The smallest absolute Gasteiger partial charge is 0.165 e. The van der Waals surface area contributed by atoms with Crippen LogP contribution in [0.2, 0.25) is 0 Å². The van der Waals surface area contributed by atoms with Gasteiger partial charge in [0.2, 0.25) is 0 Å². The second kappa shape index (κ2) is 5.27. The fraction of sp³-hybridized carbons (Fsp3) is 0.0714. The Morgan fingerprint density at radius 1 is 1.21 bits per heavy atom. The van der Waals surface area contributed by atoms with Gasteiger partial charge in [-0.15, -0.1) is 0 Å². The standard InChI is InChI=1S/C14H12FN3O/c1-19-14-7-11(4-5-12(14)15)18-10-3-2-9(8-16)13(17)6-10/h2-7,18H,17H2,1H3. The van der Waals surface area contributed by atoms with Gasteiger partial charge in [-0.05, 0) is 30.3 Å². The van der Waals surface area contributed by atoms with Crippen molar-refractivity contribution in [1.29, 1.82) is 5.26 Å². The molecule has 96 valence electrons. The number of nitrogens with one attached hydrogen (secondary N) is 1. The van der Waals surface area contributed by atoms with E-state index in [1.54, 1.807) is 30.3 Å². The summed E-state index contributed by atoms with van der Waals surface area (Å²) in [5, 5.41) is 11.9. The minimum absolute atomic E-state index is 0.159. The van der Waals surface area contributed by atoms with Crippen molar-refractivity contribution in [2.75, 3.05) is 18.2 Å². The number of nitrogen functional groups attached to an aromatic ring is 1. The number of methoxy groups -OCH3 is 1. The van der Waals surface area contributed by atoms with Crippen LogP contribution in [0.4, 0.5) is 21.5 Å². The molecule has 19 heavy (non-hydrogen) atoms. The summed E-state index contributed by atoms with van der Waals surface area (Å²) in [5.41, 5.74) is 7.91. The molecule has 0 aliphatic heterocycles. The lowest BCUT2D eigenvalue weighted by molar-refractivity contribution is 0.387. The largest absolute Gasteiger partial charge is 0.494 e. The third kappa shape index (κ3) is 2.75. The predicted octanol–water partition coefficient (Wildman–Crippen LogP) is 3.03. The maximum atomic E-state index is 13.3. The van der Waals surface area contributed by atoms with E-state index in [2.05, 4.69) is 5.32 Å². The van der Waals surface area contributed by atoms with Crippen molar-refractivity contribution in [2.24, 2.45) is 0 Å². The average Bonchev–Trinajstić information content (AvgIpc) is 2.41. The first-order valence-corrected chi connectivity index (χ1v) is 5.54. The number of nitrogens with two attached hydrogens (primary N) is 1. The van der Waals surface area contributed by atoms with Crippen LogP contribution < -0.4 is 15.8 Å². The molecule has 0 aliphatic rings. The lowest BCUT2D eigenvalue weighted by atomic mass is 10.1. The number of anilines is 3. The number of ether oxygens (including phenoxy) is 1. The van der Waals surface area contributed by atoms with E-state index in [0.29, 0.717) is 22.6 Å². The molecule has 0 saturated carbocycles. The molecule has 2 rings (SSSR count). The molecule has 3 N–H and O–H groups in total. The van der Waals surface area contributed by atoms with Crippen LogP contribution in [-0.4, -0.2) is 7.11 Å². The Labute approximate surface area is 110 Å². The maximum absolute atomic E-state index is 13.3. The second-order valence-electron chi connectivity index (χ2n) is 3.89. The van der Waals surface area contributed by atoms with Gasteiger partial charge in [-0.3, -0.25) is 0 Å². The molecule has 2 aromatic carbocycles. The van der Waals surface area contributed by atoms with Gasteiger partial charge in [0.15, 0.2) is 11.6 Å². The Hall–Kier alpha value is -2.74. The van der Waals surface area contributed by atoms with E-state index in [1.807, 2.05) is 6.07 Å². The molecule has 0 aliphatic carbocycles. The number of hydrogen-bond acceptors (Lipinski definition) is 4. The first-order chi connectivity index (χ1) is 9.13. The highest BCUT2D eigenvalue weighted by molar-refractivity contribution is 5.68. The highest BCUT2D eigenvalue weighted by Gasteiger charge is 2.05. The molecule has 0 radical (unpaired) electrons. The zero-order valence-corrected chi connectivity index (χ0v) is 10.3. The Kier molecular flexibility index (Phi) is 3.53. The number of nitrogens with zero attached hydrogens (tertiary/aromatic N) is 1. The van der Waals surface area contributed by atoms with Crippen LogP contribution in [0.5, 0.6) is 5.75 Å². The number of hydrogen-bond donors (Lipinski definition) is 2. The van der Waals surface area contributed by atoms with Crippen molar-refractivity contribution >= 4 is 17.1 Å². The van der Waals surface area contributed by atoms with E-state index in [1.165, 1.54) is 13.2 Å². The minimum atomic E-state index is -0.424. The van der Waals surface area contributed by atoms with Gasteiger partial charge in [-0.2, -0.15) is 5.26 Å². The Bertz CT molecular complexity index is 641. The molecule has 0 unspecified atom stereocenters. The zero-order valence-electron chi connectivity index (χ0n) is 10.3. The molecule has 0 bridgehead atoms. The summed E-state index contributed by atoms with van der Waals surface area (Å²) in [6, 6.07) is 11.4. The van der Waals surface area contributed by atoms with Gasteiger partial charge in [-0.25, -0.2) is 4.39 Å². The van der Waals surface area contributed by atoms with Crippen LogP contribution in [0.25, 0.3) is 0 Å². The third-order valence-corrected chi connectivity index (χ3v) is 2.61. The quantitative estimate of drug-likeness (QED) is 0.829. The number of halogens is 1. The van der Waals surface area contributed by atoms with Crippen LogP contribution in [-0.2, 0) is 0 Å². The Balaban J connectivity index is 2.26. The molecule has 5 heteroatoms. The van der Waals surface area contributed by atoms with Crippen LogP contribution in [0.3, 0.4) is 0 Å². The normalized spacial score (nSPS) is 9.74. The van der Waals surface area contributed by atoms with Crippen molar-refractivity contribution in [3.63, 3.8) is 0 Å². The first-order valence-electron chi connectivity index (χ1n) is 5.54. The predicted molar refractivity (Wildman–Crippen MR) is 71.8 cm³/mol. The molecule has 0 aromatic heterocycles. The van der Waals surface area contributed by atoms with Gasteiger partial charge in [0, 0.05) is 17.4 Å². The molecule has 0 atom stereocenters. The maximum Gasteiger partial charge on any atom is 0.165 e. The topological polar surface area (TPSA) is 71.1 Å². The van der Waals surface area contributed by atoms with E-state index in [0.717, 1.165) is 0 Å². The summed E-state index contributed by atoms with van der Waals surface area (Å²) in [6.07, 6.45) is 0. The highest BCUT2D eigenvalue weighted by atomic mass is 19.1. The summed E-state index contributed by atoms with van der Waals surface area (Å²) in [4.78, 5) is 0. The van der Waals surface area contributed by atoms with Crippen LogP contribution >= 0.6 is 0 Å². The fourth-order valence-corrected chi connectivity index (χ4v) is 1.65. The minimum Gasteiger partial charge on any atom is -0.494 e. The van der Waals surface area contributed by atoms with E-state index in [4.69, 9.17) is 15.7 Å².